The largest absolute Gasteiger partial charge is 0.465 e. The van der Waals surface area contributed by atoms with Crippen LogP contribution in [0.5, 0.6) is 0 Å². The van der Waals surface area contributed by atoms with Crippen LogP contribution in [0.3, 0.4) is 0 Å². The van der Waals surface area contributed by atoms with E-state index in [1.807, 2.05) is 6.92 Å². The standard InChI is InChI=1S/C42H74O5/c1-4-7-9-11-13-15-17-19-21-23-25-27-29-31-33-35-40(44)46-38-42(6-3,37-43)39-47-41(45)36-34-32-30-28-26-24-22-20-18-16-14-12-10-8-5-2/h13-16,19-22,43H,4-12,17-18,23-39H2,1-3H3/b15-13-,16-14-,21-19-,22-20-. The van der Waals surface area contributed by atoms with Crippen molar-refractivity contribution in [2.75, 3.05) is 19.8 Å². The number of aliphatic hydroxyl groups excluding tert-OH is 1. The highest BCUT2D eigenvalue weighted by molar-refractivity contribution is 5.69. The number of rotatable bonds is 34. The minimum absolute atomic E-state index is 0.0794. The monoisotopic (exact) mass is 659 g/mol. The molecule has 47 heavy (non-hydrogen) atoms. The fourth-order valence-electron chi connectivity index (χ4n) is 5.22. The minimum atomic E-state index is -0.734. The number of carbonyl (C=O) groups excluding carboxylic acids is 2. The maximum Gasteiger partial charge on any atom is 0.305 e. The van der Waals surface area contributed by atoms with Gasteiger partial charge in [-0.3, -0.25) is 9.59 Å². The molecule has 0 saturated carbocycles. The summed E-state index contributed by atoms with van der Waals surface area (Å²) in [5, 5.41) is 10.0. The minimum Gasteiger partial charge on any atom is -0.465 e. The highest BCUT2D eigenvalue weighted by Crippen LogP contribution is 2.23. The third-order valence-electron chi connectivity index (χ3n) is 8.83. The molecule has 0 atom stereocenters. The predicted molar refractivity (Wildman–Crippen MR) is 200 cm³/mol. The summed E-state index contributed by atoms with van der Waals surface area (Å²) in [4.78, 5) is 24.7. The molecule has 0 aliphatic heterocycles. The third kappa shape index (κ3) is 30.9. The van der Waals surface area contributed by atoms with Crippen molar-refractivity contribution < 1.29 is 24.2 Å². The normalized spacial score (nSPS) is 12.3. The molecule has 0 bridgehead atoms. The number of hydrogen-bond acceptors (Lipinski definition) is 5. The molecule has 5 nitrogen and oxygen atoms in total. The van der Waals surface area contributed by atoms with Crippen LogP contribution in [0.25, 0.3) is 0 Å². The Kier molecular flexibility index (Phi) is 33.6. The Hall–Kier alpha value is -2.14. The Balaban J connectivity index is 3.86. The lowest BCUT2D eigenvalue weighted by Crippen LogP contribution is -2.37. The van der Waals surface area contributed by atoms with Gasteiger partial charge in [-0.1, -0.05) is 134 Å². The summed E-state index contributed by atoms with van der Waals surface area (Å²) in [5.74, 6) is -0.475. The van der Waals surface area contributed by atoms with E-state index in [1.165, 1.54) is 77.0 Å². The van der Waals surface area contributed by atoms with Crippen molar-refractivity contribution in [1.82, 2.24) is 0 Å². The first-order chi connectivity index (χ1) is 23.0. The summed E-state index contributed by atoms with van der Waals surface area (Å²) in [6, 6.07) is 0. The van der Waals surface area contributed by atoms with Gasteiger partial charge in [0.05, 0.1) is 12.0 Å². The molecule has 0 saturated heterocycles. The molecule has 5 heteroatoms. The molecular weight excluding hydrogens is 584 g/mol. The maximum atomic E-state index is 12.3. The van der Waals surface area contributed by atoms with Gasteiger partial charge in [0, 0.05) is 12.8 Å². The Bertz CT molecular complexity index is 757. The number of allylic oxidation sites excluding steroid dienone is 8. The van der Waals surface area contributed by atoms with E-state index in [0.29, 0.717) is 19.3 Å². The summed E-state index contributed by atoms with van der Waals surface area (Å²) in [6.07, 6.45) is 44.7. The van der Waals surface area contributed by atoms with Crippen LogP contribution in [-0.2, 0) is 19.1 Å². The Labute approximate surface area is 290 Å². The molecule has 0 amide bonds. The van der Waals surface area contributed by atoms with Gasteiger partial charge in [0.1, 0.15) is 13.2 Å². The summed E-state index contributed by atoms with van der Waals surface area (Å²) in [5.41, 5.74) is -0.734. The summed E-state index contributed by atoms with van der Waals surface area (Å²) < 4.78 is 11.0. The quantitative estimate of drug-likeness (QED) is 0.0423. The molecule has 0 fully saturated rings. The fourth-order valence-corrected chi connectivity index (χ4v) is 5.22. The van der Waals surface area contributed by atoms with Crippen LogP contribution in [0.2, 0.25) is 0 Å². The second-order valence-electron chi connectivity index (χ2n) is 13.3. The van der Waals surface area contributed by atoms with Gasteiger partial charge in [-0.15, -0.1) is 0 Å². The van der Waals surface area contributed by atoms with Gasteiger partial charge in [-0.25, -0.2) is 0 Å². The van der Waals surface area contributed by atoms with Crippen LogP contribution >= 0.6 is 0 Å². The summed E-state index contributed by atoms with van der Waals surface area (Å²) in [6.45, 7) is 6.38. The molecule has 0 aliphatic rings. The Morgan fingerprint density at radius 3 is 1.17 bits per heavy atom. The molecule has 1 N–H and O–H groups in total. The molecule has 0 radical (unpaired) electrons. The van der Waals surface area contributed by atoms with E-state index in [0.717, 1.165) is 64.2 Å². The SMILES string of the molecule is CCCCC/C=C\C/C=C\CCCCCCCC(=O)OCC(CC)(CO)COC(=O)CCCCCCC/C=C\C/C=C\CCCCC. The van der Waals surface area contributed by atoms with E-state index in [1.54, 1.807) is 0 Å². The van der Waals surface area contributed by atoms with Crippen molar-refractivity contribution >= 4 is 11.9 Å². The van der Waals surface area contributed by atoms with Gasteiger partial charge >= 0.3 is 11.9 Å². The van der Waals surface area contributed by atoms with Gasteiger partial charge in [0.15, 0.2) is 0 Å². The van der Waals surface area contributed by atoms with Crippen molar-refractivity contribution in [2.45, 2.75) is 181 Å². The van der Waals surface area contributed by atoms with E-state index in [2.05, 4.69) is 62.5 Å². The zero-order valence-electron chi connectivity index (χ0n) is 31.0. The second kappa shape index (κ2) is 35.2. The van der Waals surface area contributed by atoms with Crippen LogP contribution in [0.4, 0.5) is 0 Å². The topological polar surface area (TPSA) is 72.8 Å². The summed E-state index contributed by atoms with van der Waals surface area (Å²) in [7, 11) is 0. The molecule has 0 aromatic rings. The van der Waals surface area contributed by atoms with Gasteiger partial charge in [0.25, 0.3) is 0 Å². The summed E-state index contributed by atoms with van der Waals surface area (Å²) >= 11 is 0. The number of aliphatic hydroxyl groups is 1. The van der Waals surface area contributed by atoms with E-state index in [4.69, 9.17) is 9.47 Å². The second-order valence-corrected chi connectivity index (χ2v) is 13.3. The van der Waals surface area contributed by atoms with Crippen molar-refractivity contribution in [3.8, 4) is 0 Å². The average molecular weight is 659 g/mol. The first-order valence-corrected chi connectivity index (χ1v) is 19.6. The highest BCUT2D eigenvalue weighted by Gasteiger charge is 2.31. The van der Waals surface area contributed by atoms with E-state index >= 15 is 0 Å². The first-order valence-electron chi connectivity index (χ1n) is 19.6. The van der Waals surface area contributed by atoms with Crippen LogP contribution < -0.4 is 0 Å². The van der Waals surface area contributed by atoms with Crippen LogP contribution in [0.15, 0.2) is 48.6 Å². The number of esters is 2. The van der Waals surface area contributed by atoms with Gasteiger partial charge in [-0.2, -0.15) is 0 Å². The number of ether oxygens (including phenoxy) is 2. The fraction of sp³-hybridized carbons (Fsp3) is 0.762. The van der Waals surface area contributed by atoms with Crippen molar-refractivity contribution in [2.24, 2.45) is 5.41 Å². The van der Waals surface area contributed by atoms with Gasteiger partial charge in [0.2, 0.25) is 0 Å². The zero-order chi connectivity index (χ0) is 34.5. The van der Waals surface area contributed by atoms with Crippen molar-refractivity contribution in [3.63, 3.8) is 0 Å². The zero-order valence-corrected chi connectivity index (χ0v) is 31.0. The lowest BCUT2D eigenvalue weighted by atomic mass is 9.88. The van der Waals surface area contributed by atoms with Crippen molar-refractivity contribution in [1.29, 1.82) is 0 Å². The third-order valence-corrected chi connectivity index (χ3v) is 8.83. The van der Waals surface area contributed by atoms with E-state index in [9.17, 15) is 14.7 Å². The lowest BCUT2D eigenvalue weighted by Gasteiger charge is -2.29. The molecule has 0 heterocycles. The van der Waals surface area contributed by atoms with E-state index in [-0.39, 0.29) is 31.8 Å². The molecule has 0 aliphatic carbocycles. The average Bonchev–Trinajstić information content (AvgIpc) is 3.08. The Morgan fingerprint density at radius 2 is 0.830 bits per heavy atom. The Morgan fingerprint density at radius 1 is 0.489 bits per heavy atom. The molecule has 0 unspecified atom stereocenters. The highest BCUT2D eigenvalue weighted by atomic mass is 16.5. The number of carbonyl (C=O) groups is 2. The molecule has 272 valence electrons. The van der Waals surface area contributed by atoms with Gasteiger partial charge < -0.3 is 14.6 Å². The van der Waals surface area contributed by atoms with Crippen molar-refractivity contribution in [3.05, 3.63) is 48.6 Å². The molecule has 0 aromatic heterocycles. The predicted octanol–water partition coefficient (Wildman–Crippen LogP) is 12.1. The molecule has 0 rings (SSSR count). The first kappa shape index (κ1) is 44.9. The van der Waals surface area contributed by atoms with Crippen LogP contribution in [-0.4, -0.2) is 36.9 Å². The van der Waals surface area contributed by atoms with Crippen LogP contribution in [0.1, 0.15) is 181 Å². The maximum absolute atomic E-state index is 12.3. The van der Waals surface area contributed by atoms with E-state index < -0.39 is 5.41 Å². The molecular formula is C42H74O5. The number of hydrogen-bond donors (Lipinski definition) is 1. The lowest BCUT2D eigenvalue weighted by molar-refractivity contribution is -0.156. The van der Waals surface area contributed by atoms with Gasteiger partial charge in [-0.05, 0) is 83.5 Å². The number of unbranched alkanes of at least 4 members (excludes halogenated alkanes) is 16. The smallest absolute Gasteiger partial charge is 0.305 e. The molecule has 0 spiro atoms. The molecule has 0 aromatic carbocycles. The van der Waals surface area contributed by atoms with Crippen LogP contribution in [0, 0.1) is 5.41 Å².